The first-order valence-electron chi connectivity index (χ1n) is 11.7. The van der Waals surface area contributed by atoms with Gasteiger partial charge in [0.25, 0.3) is 0 Å². The molecule has 1 heterocycles. The topological polar surface area (TPSA) is 117 Å². The van der Waals surface area contributed by atoms with Crippen molar-refractivity contribution in [2.24, 2.45) is 5.92 Å². The number of hydrogen-bond acceptors (Lipinski definition) is 6. The molecule has 2 aromatic carbocycles. The third-order valence-corrected chi connectivity index (χ3v) is 6.39. The van der Waals surface area contributed by atoms with E-state index < -0.39 is 11.9 Å². The number of nitrogens with one attached hydrogen (secondary N) is 2. The van der Waals surface area contributed by atoms with E-state index in [1.54, 1.807) is 0 Å². The summed E-state index contributed by atoms with van der Waals surface area (Å²) in [5.41, 5.74) is 3.83. The Morgan fingerprint density at radius 1 is 1.03 bits per heavy atom. The quantitative estimate of drug-likeness (QED) is 0.379. The normalized spacial score (nSPS) is 18.0. The van der Waals surface area contributed by atoms with Crippen LogP contribution in [-0.2, 0) is 4.79 Å². The lowest BCUT2D eigenvalue weighted by molar-refractivity contribution is -0.138. The van der Waals surface area contributed by atoms with Crippen molar-refractivity contribution in [1.82, 2.24) is 10.2 Å². The lowest BCUT2D eigenvalue weighted by Gasteiger charge is -2.28. The number of anilines is 3. The number of carboxylic acids is 1. The highest BCUT2D eigenvalue weighted by Gasteiger charge is 2.24. The van der Waals surface area contributed by atoms with Crippen LogP contribution in [0.3, 0.4) is 0 Å². The van der Waals surface area contributed by atoms with Crippen LogP contribution in [0.15, 0.2) is 52.9 Å². The Bertz CT molecular complexity index is 1130. The van der Waals surface area contributed by atoms with Crippen molar-refractivity contribution < 1.29 is 19.1 Å². The first kappa shape index (κ1) is 23.5. The van der Waals surface area contributed by atoms with E-state index in [1.165, 1.54) is 5.56 Å². The van der Waals surface area contributed by atoms with Gasteiger partial charge in [-0.25, -0.2) is 0 Å². The number of aromatic nitrogens is 2. The Morgan fingerprint density at radius 2 is 1.74 bits per heavy atom. The van der Waals surface area contributed by atoms with E-state index in [1.807, 2.05) is 48.5 Å². The second-order valence-corrected chi connectivity index (χ2v) is 9.17. The molecular weight excluding hydrogens is 432 g/mol. The zero-order chi connectivity index (χ0) is 24.1. The summed E-state index contributed by atoms with van der Waals surface area (Å²) in [5, 5.41) is 22.7. The maximum atomic E-state index is 12.6. The fourth-order valence-electron chi connectivity index (χ4n) is 4.57. The smallest absolute Gasteiger partial charge is 0.320 e. The second kappa shape index (κ2) is 10.5. The van der Waals surface area contributed by atoms with Crippen molar-refractivity contribution in [3.8, 4) is 0 Å². The summed E-state index contributed by atoms with van der Waals surface area (Å²) in [4.78, 5) is 23.5. The van der Waals surface area contributed by atoms with Gasteiger partial charge in [0.2, 0.25) is 0 Å². The summed E-state index contributed by atoms with van der Waals surface area (Å²) in [7, 11) is 0. The fourth-order valence-corrected chi connectivity index (χ4v) is 4.57. The summed E-state index contributed by atoms with van der Waals surface area (Å²) in [5.74, 6) is -0.289. The second-order valence-electron chi connectivity index (χ2n) is 9.17. The Hall–Kier alpha value is -3.68. The van der Waals surface area contributed by atoms with E-state index in [0.717, 1.165) is 36.9 Å². The molecule has 0 saturated heterocycles. The van der Waals surface area contributed by atoms with Gasteiger partial charge in [-0.05, 0) is 72.8 Å². The van der Waals surface area contributed by atoms with Crippen molar-refractivity contribution in [1.29, 1.82) is 0 Å². The molecule has 0 spiro atoms. The Balaban J connectivity index is 1.33. The van der Waals surface area contributed by atoms with Crippen LogP contribution in [0.2, 0.25) is 0 Å². The molecule has 1 aliphatic carbocycles. The lowest BCUT2D eigenvalue weighted by Crippen LogP contribution is -2.16. The minimum absolute atomic E-state index is 0.120. The van der Waals surface area contributed by atoms with Crippen LogP contribution in [-0.4, -0.2) is 27.2 Å². The fraction of sp³-hybridized carbons (Fsp3) is 0.385. The minimum atomic E-state index is -0.715. The predicted molar refractivity (Wildman–Crippen MR) is 129 cm³/mol. The van der Waals surface area contributed by atoms with Crippen LogP contribution in [0.4, 0.5) is 17.4 Å². The number of aliphatic carboxylic acids is 1. The van der Waals surface area contributed by atoms with Crippen molar-refractivity contribution in [2.75, 3.05) is 10.6 Å². The van der Waals surface area contributed by atoms with Crippen LogP contribution in [0.5, 0.6) is 0 Å². The minimum Gasteiger partial charge on any atom is -0.481 e. The number of amides is 1. The molecule has 0 atom stereocenters. The molecule has 1 aliphatic rings. The van der Waals surface area contributed by atoms with E-state index in [4.69, 9.17) is 9.52 Å². The van der Waals surface area contributed by atoms with Gasteiger partial charge >= 0.3 is 23.8 Å². The zero-order valence-electron chi connectivity index (χ0n) is 19.5. The summed E-state index contributed by atoms with van der Waals surface area (Å²) >= 11 is 0. The van der Waals surface area contributed by atoms with Crippen molar-refractivity contribution in [3.05, 3.63) is 65.5 Å². The molecule has 4 rings (SSSR count). The number of carbonyl (C=O) groups is 2. The van der Waals surface area contributed by atoms with Gasteiger partial charge < -0.3 is 20.2 Å². The Labute approximate surface area is 198 Å². The average molecular weight is 463 g/mol. The number of rotatable bonds is 8. The van der Waals surface area contributed by atoms with E-state index in [0.29, 0.717) is 17.5 Å². The van der Waals surface area contributed by atoms with Crippen molar-refractivity contribution in [2.45, 2.75) is 57.8 Å². The third-order valence-electron chi connectivity index (χ3n) is 6.39. The first-order valence-corrected chi connectivity index (χ1v) is 11.7. The predicted octanol–water partition coefficient (Wildman–Crippen LogP) is 5.94. The highest BCUT2D eigenvalue weighted by atomic mass is 16.4. The molecule has 8 nitrogen and oxygen atoms in total. The average Bonchev–Trinajstić information content (AvgIpc) is 3.29. The monoisotopic (exact) mass is 462 g/mol. The molecule has 1 fully saturated rings. The molecule has 1 saturated carbocycles. The van der Waals surface area contributed by atoms with Gasteiger partial charge in [-0.3, -0.25) is 9.59 Å². The van der Waals surface area contributed by atoms with Gasteiger partial charge in [0, 0.05) is 17.8 Å². The Kier molecular flexibility index (Phi) is 7.25. The highest BCUT2D eigenvalue weighted by Crippen LogP contribution is 2.37. The van der Waals surface area contributed by atoms with Crippen LogP contribution in [0, 0.1) is 5.92 Å². The molecule has 3 aromatic rings. The van der Waals surface area contributed by atoms with E-state index >= 15 is 0 Å². The number of benzene rings is 2. The molecule has 0 bridgehead atoms. The number of carbonyl (C=O) groups excluding carboxylic acids is 1. The van der Waals surface area contributed by atoms with Gasteiger partial charge in [-0.1, -0.05) is 49.3 Å². The molecule has 178 valence electrons. The molecule has 0 radical (unpaired) electrons. The Morgan fingerprint density at radius 3 is 2.41 bits per heavy atom. The van der Waals surface area contributed by atoms with Crippen LogP contribution < -0.4 is 10.6 Å². The van der Waals surface area contributed by atoms with Crippen LogP contribution in [0.1, 0.15) is 79.6 Å². The van der Waals surface area contributed by atoms with Gasteiger partial charge in [-0.2, -0.15) is 0 Å². The van der Waals surface area contributed by atoms with E-state index in [2.05, 4.69) is 34.7 Å². The molecular formula is C26H30N4O4. The molecule has 3 N–H and O–H groups in total. The maximum absolute atomic E-state index is 12.6. The summed E-state index contributed by atoms with van der Waals surface area (Å²) in [6.07, 6.45) is 4.10. The van der Waals surface area contributed by atoms with Crippen molar-refractivity contribution in [3.63, 3.8) is 0 Å². The van der Waals surface area contributed by atoms with Crippen LogP contribution in [0.25, 0.3) is 0 Å². The zero-order valence-corrected chi connectivity index (χ0v) is 19.5. The lowest BCUT2D eigenvalue weighted by atomic mass is 9.77. The molecule has 1 aromatic heterocycles. The number of para-hydroxylation sites is 1. The number of nitrogens with zero attached hydrogens (tertiary/aromatic N) is 2. The molecule has 34 heavy (non-hydrogen) atoms. The summed E-state index contributed by atoms with van der Waals surface area (Å²) in [6, 6.07) is 15.8. The molecule has 8 heteroatoms. The summed E-state index contributed by atoms with van der Waals surface area (Å²) < 4.78 is 5.53. The summed E-state index contributed by atoms with van der Waals surface area (Å²) in [6.45, 7) is 4.20. The third kappa shape index (κ3) is 5.81. The van der Waals surface area contributed by atoms with Crippen LogP contribution >= 0.6 is 0 Å². The van der Waals surface area contributed by atoms with Gasteiger partial charge in [0.1, 0.15) is 0 Å². The maximum Gasteiger partial charge on any atom is 0.320 e. The van der Waals surface area contributed by atoms with Gasteiger partial charge in [-0.15, -0.1) is 5.10 Å². The van der Waals surface area contributed by atoms with Crippen molar-refractivity contribution >= 4 is 29.3 Å². The number of carboxylic acid groups (broad SMARTS) is 1. The largest absolute Gasteiger partial charge is 0.481 e. The number of hydrogen-bond donors (Lipinski definition) is 3. The highest BCUT2D eigenvalue weighted by molar-refractivity contribution is 6.00. The van der Waals surface area contributed by atoms with E-state index in [9.17, 15) is 9.59 Å². The van der Waals surface area contributed by atoms with Gasteiger partial charge in [0.05, 0.1) is 0 Å². The van der Waals surface area contributed by atoms with Gasteiger partial charge in [0.15, 0.2) is 0 Å². The molecule has 1 amide bonds. The first-order chi connectivity index (χ1) is 16.4. The molecule has 0 aliphatic heterocycles. The SMILES string of the molecule is CC(C)c1ccccc1Nc1nnc(C(=O)Nc2ccc(C3CCC(CC(=O)O)CC3)cc2)o1. The van der Waals surface area contributed by atoms with E-state index in [-0.39, 0.29) is 24.2 Å². The standard InChI is InChI=1S/C26H30N4O4/c1-16(2)21-5-3-4-6-22(21)28-26-30-29-25(34-26)24(33)27-20-13-11-19(12-14-20)18-9-7-17(8-10-18)15-23(31)32/h3-6,11-14,16-18H,7-10,15H2,1-2H3,(H,27,33)(H,28,30)(H,31,32). The molecule has 0 unspecified atom stereocenters.